The largest absolute Gasteiger partial charge is 0.508 e. The van der Waals surface area contributed by atoms with Crippen LogP contribution in [0.2, 0.25) is 0 Å². The molecule has 192 valence electrons. The molecule has 0 radical (unpaired) electrons. The minimum Gasteiger partial charge on any atom is -0.508 e. The lowest BCUT2D eigenvalue weighted by Gasteiger charge is -2.42. The van der Waals surface area contributed by atoms with Crippen LogP contribution < -0.4 is 0 Å². The maximum Gasteiger partial charge on any atom is 0.337 e. The summed E-state index contributed by atoms with van der Waals surface area (Å²) in [6, 6.07) is 6.53. The van der Waals surface area contributed by atoms with Gasteiger partial charge in [-0.25, -0.2) is 4.79 Å². The van der Waals surface area contributed by atoms with Crippen LogP contribution in [0.5, 0.6) is 5.75 Å². The first kappa shape index (κ1) is 25.5. The Hall–Kier alpha value is -2.54. The third-order valence-electron chi connectivity index (χ3n) is 6.93. The third kappa shape index (κ3) is 5.20. The Morgan fingerprint density at radius 3 is 2.49 bits per heavy atom. The Labute approximate surface area is 201 Å². The van der Waals surface area contributed by atoms with Gasteiger partial charge in [0.1, 0.15) is 35.9 Å². The predicted octanol–water partition coefficient (Wildman–Crippen LogP) is -0.624. The molecule has 0 bridgehead atoms. The minimum absolute atomic E-state index is 0.0859. The molecule has 0 spiro atoms. The Bertz CT molecular complexity index is 943. The zero-order valence-corrected chi connectivity index (χ0v) is 19.1. The number of phenols is 1. The third-order valence-corrected chi connectivity index (χ3v) is 6.93. The van der Waals surface area contributed by atoms with E-state index in [1.165, 1.54) is 6.26 Å². The van der Waals surface area contributed by atoms with Gasteiger partial charge in [0, 0.05) is 30.6 Å². The lowest BCUT2D eigenvalue weighted by atomic mass is 9.83. The molecule has 1 aromatic carbocycles. The van der Waals surface area contributed by atoms with Crippen LogP contribution in [0, 0.1) is 17.8 Å². The van der Waals surface area contributed by atoms with E-state index >= 15 is 0 Å². The number of benzene rings is 1. The minimum atomic E-state index is -1.63. The maximum atomic E-state index is 12.8. The highest BCUT2D eigenvalue weighted by Crippen LogP contribution is 2.46. The summed E-state index contributed by atoms with van der Waals surface area (Å²) in [5, 5.41) is 49.0. The molecule has 5 N–H and O–H groups in total. The highest BCUT2D eigenvalue weighted by molar-refractivity contribution is 5.93. The summed E-state index contributed by atoms with van der Waals surface area (Å²) in [5.41, 5.74) is 1.08. The quantitative estimate of drug-likeness (QED) is 0.306. The first-order valence-electron chi connectivity index (χ1n) is 11.5. The van der Waals surface area contributed by atoms with Gasteiger partial charge in [0.15, 0.2) is 6.29 Å². The second-order valence-corrected chi connectivity index (χ2v) is 9.11. The van der Waals surface area contributed by atoms with E-state index in [1.54, 1.807) is 31.2 Å². The molecule has 3 aliphatic rings. The molecule has 1 saturated carbocycles. The van der Waals surface area contributed by atoms with Crippen molar-refractivity contribution >= 4 is 11.8 Å². The first-order valence-corrected chi connectivity index (χ1v) is 11.5. The van der Waals surface area contributed by atoms with Crippen LogP contribution in [0.1, 0.15) is 18.9 Å². The number of carbonyl (C=O) groups is 2. The molecular weight excluding hydrogens is 464 g/mol. The second kappa shape index (κ2) is 10.6. The van der Waals surface area contributed by atoms with Crippen molar-refractivity contribution in [3.05, 3.63) is 41.7 Å². The number of esters is 1. The number of rotatable bonds is 7. The molecule has 9 atom stereocenters. The van der Waals surface area contributed by atoms with Crippen molar-refractivity contribution in [1.82, 2.24) is 0 Å². The van der Waals surface area contributed by atoms with Gasteiger partial charge in [-0.15, -0.1) is 0 Å². The van der Waals surface area contributed by atoms with E-state index in [0.717, 1.165) is 5.56 Å². The molecule has 2 fully saturated rings. The maximum absolute atomic E-state index is 12.8. The highest BCUT2D eigenvalue weighted by atomic mass is 16.8. The molecule has 1 saturated heterocycles. The molecule has 1 aromatic rings. The summed E-state index contributed by atoms with van der Waals surface area (Å²) in [5.74, 6) is -2.21. The van der Waals surface area contributed by atoms with E-state index in [2.05, 4.69) is 0 Å². The Morgan fingerprint density at radius 2 is 1.80 bits per heavy atom. The number of hydrogen-bond acceptors (Lipinski definition) is 11. The molecule has 35 heavy (non-hydrogen) atoms. The van der Waals surface area contributed by atoms with Gasteiger partial charge in [-0.2, -0.15) is 0 Å². The SMILES string of the molecule is C[C@H]1C(=O)C[C@@H]2C(C(=O)OCCc3ccc(O)cc3)=CO[C@@H](O[C@@H]3O[C@H](CO)[C@@H](O)[C@H](O)[C@H]3O)C21. The van der Waals surface area contributed by atoms with E-state index in [9.17, 15) is 35.1 Å². The number of ether oxygens (including phenoxy) is 4. The van der Waals surface area contributed by atoms with Crippen LogP contribution in [0.15, 0.2) is 36.1 Å². The van der Waals surface area contributed by atoms with Crippen LogP contribution in [0.3, 0.4) is 0 Å². The van der Waals surface area contributed by atoms with E-state index in [0.29, 0.717) is 6.42 Å². The second-order valence-electron chi connectivity index (χ2n) is 9.11. The van der Waals surface area contributed by atoms with Crippen molar-refractivity contribution in [3.8, 4) is 5.75 Å². The van der Waals surface area contributed by atoms with Crippen LogP contribution >= 0.6 is 0 Å². The van der Waals surface area contributed by atoms with Gasteiger partial charge in [-0.1, -0.05) is 19.1 Å². The Balaban J connectivity index is 1.43. The number of Topliss-reactive ketones (excluding diaryl/α,β-unsaturated/α-hetero) is 1. The van der Waals surface area contributed by atoms with Crippen molar-refractivity contribution in [2.24, 2.45) is 17.8 Å². The fourth-order valence-corrected chi connectivity index (χ4v) is 4.80. The number of fused-ring (bicyclic) bond motifs is 1. The van der Waals surface area contributed by atoms with E-state index in [-0.39, 0.29) is 30.1 Å². The number of carbonyl (C=O) groups excluding carboxylic acids is 2. The summed E-state index contributed by atoms with van der Waals surface area (Å²) in [6.07, 6.45) is -6.76. The van der Waals surface area contributed by atoms with Crippen molar-refractivity contribution < 1.29 is 54.1 Å². The van der Waals surface area contributed by atoms with Gasteiger partial charge >= 0.3 is 5.97 Å². The molecule has 0 amide bonds. The number of phenolic OH excluding ortho intramolecular Hbond substituents is 1. The van der Waals surface area contributed by atoms with E-state index in [1.807, 2.05) is 0 Å². The molecule has 11 heteroatoms. The number of aliphatic hydroxyl groups is 4. The Kier molecular flexibility index (Phi) is 7.74. The molecular formula is C24H30O11. The van der Waals surface area contributed by atoms with Crippen LogP contribution in [0.25, 0.3) is 0 Å². The number of hydrogen-bond donors (Lipinski definition) is 5. The highest BCUT2D eigenvalue weighted by Gasteiger charge is 2.53. The average Bonchev–Trinajstić information content (AvgIpc) is 3.15. The van der Waals surface area contributed by atoms with E-state index < -0.39 is 67.3 Å². The van der Waals surface area contributed by atoms with Gasteiger partial charge in [-0.3, -0.25) is 4.79 Å². The van der Waals surface area contributed by atoms with Crippen LogP contribution in [-0.2, 0) is 35.0 Å². The molecule has 4 rings (SSSR count). The van der Waals surface area contributed by atoms with Crippen molar-refractivity contribution in [1.29, 1.82) is 0 Å². The summed E-state index contributed by atoms with van der Waals surface area (Å²) in [4.78, 5) is 25.3. The van der Waals surface area contributed by atoms with Gasteiger partial charge in [-0.05, 0) is 17.7 Å². The predicted molar refractivity (Wildman–Crippen MR) is 116 cm³/mol. The molecule has 2 aliphatic heterocycles. The molecule has 1 aliphatic carbocycles. The van der Waals surface area contributed by atoms with E-state index in [4.69, 9.17) is 18.9 Å². The van der Waals surface area contributed by atoms with Gasteiger partial charge in [0.05, 0.1) is 25.0 Å². The smallest absolute Gasteiger partial charge is 0.337 e. The summed E-state index contributed by atoms with van der Waals surface area (Å²) >= 11 is 0. The van der Waals surface area contributed by atoms with Gasteiger partial charge in [0.25, 0.3) is 0 Å². The average molecular weight is 494 g/mol. The monoisotopic (exact) mass is 494 g/mol. The zero-order chi connectivity index (χ0) is 25.3. The van der Waals surface area contributed by atoms with Gasteiger partial charge < -0.3 is 44.5 Å². The fraction of sp³-hybridized carbons (Fsp3) is 0.583. The molecule has 11 nitrogen and oxygen atoms in total. The van der Waals surface area contributed by atoms with Crippen molar-refractivity contribution in [2.75, 3.05) is 13.2 Å². The lowest BCUT2D eigenvalue weighted by Crippen LogP contribution is -2.60. The number of aliphatic hydroxyl groups excluding tert-OH is 4. The molecule has 2 heterocycles. The zero-order valence-electron chi connectivity index (χ0n) is 19.1. The number of ketones is 1. The molecule has 1 unspecified atom stereocenters. The van der Waals surface area contributed by atoms with Crippen LogP contribution in [-0.4, -0.2) is 87.5 Å². The fourth-order valence-electron chi connectivity index (χ4n) is 4.80. The number of aromatic hydroxyl groups is 1. The summed E-state index contributed by atoms with van der Waals surface area (Å²) in [6.45, 7) is 1.17. The standard InChI is InChI=1S/C24H30O11/c1-11-16(27)8-14-15(22(31)32-7-6-12-2-4-13(26)5-3-12)10-33-23(18(11)14)35-24-21(30)20(29)19(28)17(9-25)34-24/h2-5,10-11,14,17-21,23-26,28-30H,6-9H2,1H3/t11-,14+,17+,18?,19+,20-,21+,23-,24-/m0/s1. The van der Waals surface area contributed by atoms with Crippen LogP contribution in [0.4, 0.5) is 0 Å². The summed E-state index contributed by atoms with van der Waals surface area (Å²) in [7, 11) is 0. The Morgan fingerprint density at radius 1 is 1.09 bits per heavy atom. The first-order chi connectivity index (χ1) is 16.7. The lowest BCUT2D eigenvalue weighted by molar-refractivity contribution is -0.342. The van der Waals surface area contributed by atoms with Crippen molar-refractivity contribution in [3.63, 3.8) is 0 Å². The summed E-state index contributed by atoms with van der Waals surface area (Å²) < 4.78 is 22.2. The molecule has 0 aromatic heterocycles. The van der Waals surface area contributed by atoms with Crippen molar-refractivity contribution in [2.45, 2.75) is 56.8 Å². The normalized spacial score (nSPS) is 36.8. The van der Waals surface area contributed by atoms with Gasteiger partial charge in [0.2, 0.25) is 6.29 Å². The topological polar surface area (TPSA) is 172 Å².